The number of aromatic nitrogens is 7. The minimum absolute atomic E-state index is 0.182. The third-order valence-electron chi connectivity index (χ3n) is 6.80. The number of benzene rings is 1. The van der Waals surface area contributed by atoms with Gasteiger partial charge in [0.05, 0.1) is 35.0 Å². The fraction of sp³-hybridized carbons (Fsp3) is 0.292. The molecule has 184 valence electrons. The minimum atomic E-state index is -3.33. The van der Waals surface area contributed by atoms with Gasteiger partial charge < -0.3 is 0 Å². The van der Waals surface area contributed by atoms with Crippen LogP contribution < -0.4 is 5.69 Å². The van der Waals surface area contributed by atoms with Crippen molar-refractivity contribution in [1.82, 2.24) is 38.2 Å². The summed E-state index contributed by atoms with van der Waals surface area (Å²) in [5.41, 5.74) is 4.55. The molecule has 1 atom stereocenters. The molecule has 1 aliphatic heterocycles. The molecule has 1 aliphatic rings. The summed E-state index contributed by atoms with van der Waals surface area (Å²) in [6, 6.07) is 9.51. The van der Waals surface area contributed by atoms with Crippen molar-refractivity contribution in [2.24, 2.45) is 14.1 Å². The fourth-order valence-corrected chi connectivity index (χ4v) is 5.80. The highest BCUT2D eigenvalue weighted by Crippen LogP contribution is 2.32. The molecule has 11 nitrogen and oxygen atoms in total. The van der Waals surface area contributed by atoms with Gasteiger partial charge in [-0.25, -0.2) is 22.5 Å². The number of sulfonamides is 1. The van der Waals surface area contributed by atoms with E-state index in [0.29, 0.717) is 30.0 Å². The van der Waals surface area contributed by atoms with E-state index in [1.54, 1.807) is 39.6 Å². The number of hydrogen-bond donors (Lipinski definition) is 0. The molecule has 5 heterocycles. The molecule has 0 bridgehead atoms. The van der Waals surface area contributed by atoms with E-state index in [2.05, 4.69) is 20.1 Å². The van der Waals surface area contributed by atoms with Crippen LogP contribution >= 0.6 is 0 Å². The zero-order valence-corrected chi connectivity index (χ0v) is 20.8. The molecule has 0 saturated carbocycles. The second kappa shape index (κ2) is 8.07. The number of fused-ring (bicyclic) bond motifs is 3. The highest BCUT2D eigenvalue weighted by Gasteiger charge is 2.32. The molecular formula is C24H24N8O3S. The maximum absolute atomic E-state index is 13.3. The van der Waals surface area contributed by atoms with Gasteiger partial charge in [0, 0.05) is 44.3 Å². The molecule has 12 heteroatoms. The van der Waals surface area contributed by atoms with E-state index in [1.165, 1.54) is 10.6 Å². The molecule has 36 heavy (non-hydrogen) atoms. The van der Waals surface area contributed by atoms with Gasteiger partial charge in [0.2, 0.25) is 10.0 Å². The summed E-state index contributed by atoms with van der Waals surface area (Å²) in [5, 5.41) is 5.13. The van der Waals surface area contributed by atoms with Gasteiger partial charge >= 0.3 is 5.69 Å². The molecule has 0 amide bonds. The Bertz CT molecular complexity index is 1800. The summed E-state index contributed by atoms with van der Waals surface area (Å²) in [6.07, 6.45) is 6.89. The maximum atomic E-state index is 13.3. The highest BCUT2D eigenvalue weighted by molar-refractivity contribution is 7.88. The van der Waals surface area contributed by atoms with E-state index in [-0.39, 0.29) is 18.3 Å². The van der Waals surface area contributed by atoms with Crippen LogP contribution in [0.2, 0.25) is 0 Å². The number of rotatable bonds is 4. The number of imidazole rings is 1. The van der Waals surface area contributed by atoms with E-state index < -0.39 is 10.0 Å². The van der Waals surface area contributed by atoms with Crippen LogP contribution in [0, 0.1) is 0 Å². The lowest BCUT2D eigenvalue weighted by Crippen LogP contribution is -2.31. The normalized spacial score (nSPS) is 16.9. The summed E-state index contributed by atoms with van der Waals surface area (Å²) in [4.78, 5) is 26.7. The molecule has 1 fully saturated rings. The maximum Gasteiger partial charge on any atom is 0.329 e. The molecule has 0 spiro atoms. The predicted molar refractivity (Wildman–Crippen MR) is 136 cm³/mol. The van der Waals surface area contributed by atoms with Crippen LogP contribution in [0.25, 0.3) is 44.6 Å². The molecule has 1 saturated heterocycles. The van der Waals surface area contributed by atoms with Gasteiger partial charge in [-0.2, -0.15) is 0 Å². The van der Waals surface area contributed by atoms with Crippen LogP contribution in [0.3, 0.4) is 0 Å². The lowest BCUT2D eigenvalue weighted by atomic mass is 10.0. The minimum Gasteiger partial charge on any atom is -0.293 e. The van der Waals surface area contributed by atoms with Crippen LogP contribution in [0.4, 0.5) is 0 Å². The second-order valence-electron chi connectivity index (χ2n) is 9.17. The molecule has 0 aliphatic carbocycles. The van der Waals surface area contributed by atoms with Crippen molar-refractivity contribution >= 4 is 32.0 Å². The molecule has 5 aromatic rings. The first-order valence-electron chi connectivity index (χ1n) is 11.5. The first kappa shape index (κ1) is 22.6. The van der Waals surface area contributed by atoms with Crippen LogP contribution in [-0.4, -0.2) is 65.9 Å². The molecule has 0 N–H and O–H groups in total. The Morgan fingerprint density at radius 2 is 1.81 bits per heavy atom. The van der Waals surface area contributed by atoms with Crippen molar-refractivity contribution < 1.29 is 8.42 Å². The van der Waals surface area contributed by atoms with Crippen molar-refractivity contribution in [1.29, 1.82) is 0 Å². The lowest BCUT2D eigenvalue weighted by molar-refractivity contribution is 0.454. The largest absolute Gasteiger partial charge is 0.329 e. The SMILES string of the molecule is Cn1cnc(-c2ccc(-c3ccc4ncc5c(c4c3)n([C@H]3CCN(S(C)(=O)=O)C3)c(=O)n5C)cn2)n1. The Balaban J connectivity index is 1.48. The quantitative estimate of drug-likeness (QED) is 0.367. The Morgan fingerprint density at radius 3 is 2.47 bits per heavy atom. The predicted octanol–water partition coefficient (Wildman–Crippen LogP) is 1.95. The molecular weight excluding hydrogens is 480 g/mol. The van der Waals surface area contributed by atoms with Gasteiger partial charge in [0.1, 0.15) is 12.0 Å². The van der Waals surface area contributed by atoms with Crippen molar-refractivity contribution in [3.8, 4) is 22.6 Å². The van der Waals surface area contributed by atoms with Crippen molar-refractivity contribution in [2.75, 3.05) is 19.3 Å². The van der Waals surface area contributed by atoms with Gasteiger partial charge in [-0.15, -0.1) is 5.10 Å². The Hall–Kier alpha value is -3.90. The van der Waals surface area contributed by atoms with Crippen LogP contribution in [0.1, 0.15) is 12.5 Å². The zero-order valence-electron chi connectivity index (χ0n) is 20.0. The highest BCUT2D eigenvalue weighted by atomic mass is 32.2. The zero-order chi connectivity index (χ0) is 25.2. The van der Waals surface area contributed by atoms with E-state index in [4.69, 9.17) is 0 Å². The third-order valence-corrected chi connectivity index (χ3v) is 8.07. The van der Waals surface area contributed by atoms with Gasteiger partial charge in [0.15, 0.2) is 5.82 Å². The van der Waals surface area contributed by atoms with E-state index in [1.807, 2.05) is 37.4 Å². The summed E-state index contributed by atoms with van der Waals surface area (Å²) < 4.78 is 30.6. The van der Waals surface area contributed by atoms with Crippen LogP contribution in [0.15, 0.2) is 53.8 Å². The summed E-state index contributed by atoms with van der Waals surface area (Å²) in [6.45, 7) is 0.665. The van der Waals surface area contributed by atoms with Gasteiger partial charge in [-0.3, -0.25) is 23.8 Å². The Kier molecular flexibility index (Phi) is 5.05. The standard InChI is InChI=1S/C24H24N8O3S/c1-29-14-27-23(28-29)20-7-5-16(11-25-20)15-4-6-19-18(10-15)22-21(12-26-19)30(2)24(33)32(22)17-8-9-31(13-17)36(3,34)35/h4-7,10-12,14,17H,8-9,13H2,1-3H3/t17-/m0/s1. The third kappa shape index (κ3) is 3.60. The smallest absolute Gasteiger partial charge is 0.293 e. The van der Waals surface area contributed by atoms with E-state index >= 15 is 0 Å². The fourth-order valence-electron chi connectivity index (χ4n) is 4.92. The van der Waals surface area contributed by atoms with Gasteiger partial charge in [-0.1, -0.05) is 12.1 Å². The van der Waals surface area contributed by atoms with E-state index in [9.17, 15) is 13.2 Å². The summed E-state index contributed by atoms with van der Waals surface area (Å²) in [7, 11) is 0.197. The summed E-state index contributed by atoms with van der Waals surface area (Å²) in [5.74, 6) is 0.557. The monoisotopic (exact) mass is 504 g/mol. The topological polar surface area (TPSA) is 121 Å². The number of aryl methyl sites for hydroxylation is 2. The molecule has 6 rings (SSSR count). The average Bonchev–Trinajstić information content (AvgIpc) is 3.58. The van der Waals surface area contributed by atoms with Crippen molar-refractivity contribution in [2.45, 2.75) is 12.5 Å². The number of pyridine rings is 2. The Labute approximate surface area is 206 Å². The Morgan fingerprint density at radius 1 is 1.00 bits per heavy atom. The molecule has 1 aromatic carbocycles. The summed E-state index contributed by atoms with van der Waals surface area (Å²) >= 11 is 0. The van der Waals surface area contributed by atoms with Crippen molar-refractivity contribution in [3.63, 3.8) is 0 Å². The van der Waals surface area contributed by atoms with Crippen LogP contribution in [-0.2, 0) is 24.1 Å². The number of nitrogens with zero attached hydrogens (tertiary/aromatic N) is 8. The van der Waals surface area contributed by atoms with E-state index in [0.717, 1.165) is 27.5 Å². The van der Waals surface area contributed by atoms with Gasteiger partial charge in [-0.05, 0) is 30.2 Å². The van der Waals surface area contributed by atoms with Gasteiger partial charge in [0.25, 0.3) is 0 Å². The van der Waals surface area contributed by atoms with Crippen LogP contribution in [0.5, 0.6) is 0 Å². The second-order valence-corrected chi connectivity index (χ2v) is 11.2. The van der Waals surface area contributed by atoms with Crippen molar-refractivity contribution in [3.05, 3.63) is 59.5 Å². The number of hydrogen-bond acceptors (Lipinski definition) is 7. The lowest BCUT2D eigenvalue weighted by Gasteiger charge is -2.15. The first-order chi connectivity index (χ1) is 17.2. The molecule has 0 radical (unpaired) electrons. The molecule has 4 aromatic heterocycles. The molecule has 0 unspecified atom stereocenters. The average molecular weight is 505 g/mol. The first-order valence-corrected chi connectivity index (χ1v) is 13.3.